The lowest BCUT2D eigenvalue weighted by molar-refractivity contribution is -0.141. The van der Waals surface area contributed by atoms with Crippen molar-refractivity contribution in [2.24, 2.45) is 17.6 Å². The van der Waals surface area contributed by atoms with E-state index < -0.39 is 59.3 Å². The molecule has 2 fully saturated rings. The van der Waals surface area contributed by atoms with Gasteiger partial charge in [0.05, 0.1) is 24.0 Å². The number of ketones is 2. The first-order valence-corrected chi connectivity index (χ1v) is 12.6. The number of Topliss-reactive ketones (excluding diaryl/α,β-unsaturated/α-hetero) is 2. The van der Waals surface area contributed by atoms with Crippen LogP contribution in [0.4, 0.5) is 0 Å². The Morgan fingerprint density at radius 1 is 1.03 bits per heavy atom. The Morgan fingerprint density at radius 2 is 1.61 bits per heavy atom. The van der Waals surface area contributed by atoms with Crippen LogP contribution in [0.3, 0.4) is 0 Å². The fraction of sp³-hybridized carbons (Fsp3) is 0.556. The molecule has 0 aromatic heterocycles. The molecule has 1 aromatic rings. The van der Waals surface area contributed by atoms with E-state index in [1.54, 1.807) is 26.0 Å². The number of hydrogen-bond acceptors (Lipinski definition) is 8. The molecule has 2 aliphatic heterocycles. The molecule has 38 heavy (non-hydrogen) atoms. The lowest BCUT2D eigenvalue weighted by Crippen LogP contribution is -2.67. The minimum atomic E-state index is -2.08. The Labute approximate surface area is 221 Å². The minimum absolute atomic E-state index is 0.0105. The van der Waals surface area contributed by atoms with Gasteiger partial charge in [0.1, 0.15) is 24.5 Å². The molecule has 0 bridgehead atoms. The molecule has 0 saturated carbocycles. The molecule has 207 valence electrons. The molecule has 2 saturated heterocycles. The third-order valence-corrected chi connectivity index (χ3v) is 7.49. The molecule has 3 amide bonds. The molecule has 2 aliphatic rings. The van der Waals surface area contributed by atoms with Crippen LogP contribution in [0.25, 0.3) is 0 Å². The van der Waals surface area contributed by atoms with Gasteiger partial charge in [0, 0.05) is 0 Å². The quantitative estimate of drug-likeness (QED) is 0.314. The summed E-state index contributed by atoms with van der Waals surface area (Å²) >= 11 is 0. The highest BCUT2D eigenvalue weighted by Crippen LogP contribution is 2.32. The summed E-state index contributed by atoms with van der Waals surface area (Å²) in [6, 6.07) is 6.11. The maximum absolute atomic E-state index is 13.9. The molecule has 5 unspecified atom stereocenters. The van der Waals surface area contributed by atoms with Gasteiger partial charge in [-0.15, -0.1) is 0 Å². The summed E-state index contributed by atoms with van der Waals surface area (Å²) in [7, 11) is 0. The van der Waals surface area contributed by atoms with Gasteiger partial charge < -0.3 is 30.9 Å². The minimum Gasteiger partial charge on any atom is -0.508 e. The summed E-state index contributed by atoms with van der Waals surface area (Å²) < 4.78 is 10.8. The van der Waals surface area contributed by atoms with Crippen molar-refractivity contribution in [3.05, 3.63) is 35.7 Å². The number of carbonyl (C=O) groups is 5. The van der Waals surface area contributed by atoms with Crippen molar-refractivity contribution < 1.29 is 38.6 Å². The second-order valence-corrected chi connectivity index (χ2v) is 10.6. The van der Waals surface area contributed by atoms with Crippen LogP contribution < -0.4 is 16.4 Å². The van der Waals surface area contributed by atoms with Crippen molar-refractivity contribution in [1.29, 1.82) is 0 Å². The van der Waals surface area contributed by atoms with E-state index in [0.29, 0.717) is 5.56 Å². The van der Waals surface area contributed by atoms with Crippen LogP contribution in [0.5, 0.6) is 5.75 Å². The Bertz CT molecular complexity index is 1100. The first-order valence-electron chi connectivity index (χ1n) is 12.6. The van der Waals surface area contributed by atoms with E-state index in [2.05, 4.69) is 10.6 Å². The van der Waals surface area contributed by atoms with E-state index in [-0.39, 0.29) is 42.8 Å². The molecule has 0 spiro atoms. The first-order chi connectivity index (χ1) is 17.7. The van der Waals surface area contributed by atoms with E-state index in [1.165, 1.54) is 19.1 Å². The molecule has 0 aliphatic carbocycles. The molecule has 2 heterocycles. The zero-order valence-corrected chi connectivity index (χ0v) is 22.3. The van der Waals surface area contributed by atoms with Gasteiger partial charge >= 0.3 is 0 Å². The Hall–Kier alpha value is -3.31. The van der Waals surface area contributed by atoms with Crippen LogP contribution in [0.1, 0.15) is 46.6 Å². The highest BCUT2D eigenvalue weighted by molar-refractivity contribution is 6.15. The first kappa shape index (κ1) is 29.2. The monoisotopic (exact) mass is 530 g/mol. The summed E-state index contributed by atoms with van der Waals surface area (Å²) in [5, 5.41) is 15.0. The predicted molar refractivity (Wildman–Crippen MR) is 135 cm³/mol. The molecular weight excluding hydrogens is 494 g/mol. The van der Waals surface area contributed by atoms with Crippen LogP contribution in [-0.2, 0) is 39.9 Å². The van der Waals surface area contributed by atoms with Gasteiger partial charge in [0.15, 0.2) is 11.6 Å². The average Bonchev–Trinajstić information content (AvgIpc) is 3.27. The number of phenolic OH excluding ortho intramolecular Hbond substituents is 1. The third kappa shape index (κ3) is 5.58. The second-order valence-electron chi connectivity index (χ2n) is 10.6. The lowest BCUT2D eigenvalue weighted by Gasteiger charge is -2.34. The highest BCUT2D eigenvalue weighted by atomic mass is 16.5. The molecule has 11 nitrogen and oxygen atoms in total. The van der Waals surface area contributed by atoms with Crippen LogP contribution in [0.15, 0.2) is 24.3 Å². The van der Waals surface area contributed by atoms with Crippen molar-refractivity contribution in [1.82, 2.24) is 10.6 Å². The van der Waals surface area contributed by atoms with Gasteiger partial charge in [-0.05, 0) is 57.2 Å². The number of amides is 3. The summed E-state index contributed by atoms with van der Waals surface area (Å²) in [6.45, 7) is 7.92. The topological polar surface area (TPSA) is 174 Å². The summed E-state index contributed by atoms with van der Waals surface area (Å²) in [6.07, 6.45) is -1.40. The van der Waals surface area contributed by atoms with E-state index in [0.717, 1.165) is 0 Å². The third-order valence-electron chi connectivity index (χ3n) is 7.49. The smallest absolute Gasteiger partial charge is 0.253 e. The van der Waals surface area contributed by atoms with Crippen LogP contribution in [-0.4, -0.2) is 70.9 Å². The second kappa shape index (κ2) is 11.2. The number of nitrogens with two attached hydrogens (primary N) is 1. The van der Waals surface area contributed by atoms with Gasteiger partial charge in [0.2, 0.25) is 17.4 Å². The molecule has 5 atom stereocenters. The van der Waals surface area contributed by atoms with Crippen LogP contribution in [0, 0.1) is 17.8 Å². The Balaban J connectivity index is 2.02. The maximum atomic E-state index is 13.9. The van der Waals surface area contributed by atoms with E-state index in [1.807, 2.05) is 13.8 Å². The van der Waals surface area contributed by atoms with Crippen molar-refractivity contribution in [2.45, 2.75) is 70.7 Å². The standard InChI is InChI=1S/C27H36N3O8/c1-14(2)10-19(23(34)29-26(5)15(3)37-12-21(26)32)20(11-17-6-8-18(31)9-7-17)24(35)30-27(25(28)36)16(4)38-13-22(27)33/h6-9,14-16,20,31H,10-13H2,1-5H3,(H2,28,36)(H,29,34)(H,30,35). The number of rotatable bonds is 10. The van der Waals surface area contributed by atoms with E-state index in [9.17, 15) is 29.1 Å². The largest absolute Gasteiger partial charge is 0.508 e. The van der Waals surface area contributed by atoms with Gasteiger partial charge in [-0.1, -0.05) is 26.0 Å². The van der Waals surface area contributed by atoms with Gasteiger partial charge in [-0.3, -0.25) is 24.0 Å². The number of carbonyl (C=O) groups excluding carboxylic acids is 5. The molecule has 1 aromatic carbocycles. The number of hydrogen-bond donors (Lipinski definition) is 4. The summed E-state index contributed by atoms with van der Waals surface area (Å²) in [5.74, 6) is -4.43. The molecular formula is C27H36N3O8. The number of ether oxygens (including phenoxy) is 2. The van der Waals surface area contributed by atoms with Crippen molar-refractivity contribution in [3.8, 4) is 5.75 Å². The number of benzene rings is 1. The molecule has 11 heteroatoms. The fourth-order valence-electron chi connectivity index (χ4n) is 4.82. The van der Waals surface area contributed by atoms with Crippen LogP contribution in [0.2, 0.25) is 0 Å². The maximum Gasteiger partial charge on any atom is 0.253 e. The zero-order chi connectivity index (χ0) is 28.4. The average molecular weight is 531 g/mol. The van der Waals surface area contributed by atoms with Gasteiger partial charge in [-0.25, -0.2) is 0 Å². The van der Waals surface area contributed by atoms with Crippen LogP contribution >= 0.6 is 0 Å². The molecule has 3 rings (SSSR count). The van der Waals surface area contributed by atoms with Crippen molar-refractivity contribution >= 4 is 29.3 Å². The Morgan fingerprint density at radius 3 is 2.08 bits per heavy atom. The van der Waals surface area contributed by atoms with Crippen molar-refractivity contribution in [3.63, 3.8) is 0 Å². The summed E-state index contributed by atoms with van der Waals surface area (Å²) in [4.78, 5) is 65.4. The van der Waals surface area contributed by atoms with E-state index in [4.69, 9.17) is 15.2 Å². The SMILES string of the molecule is CC(C)C[C](C(=O)NC1(C)C(=O)COC1C)C(Cc1ccc(O)cc1)C(=O)NC1(C(N)=O)C(=O)COC1C. The van der Waals surface area contributed by atoms with E-state index >= 15 is 0 Å². The fourth-order valence-corrected chi connectivity index (χ4v) is 4.82. The molecule has 5 N–H and O–H groups in total. The van der Waals surface area contributed by atoms with Gasteiger partial charge in [-0.2, -0.15) is 0 Å². The lowest BCUT2D eigenvalue weighted by atomic mass is 9.78. The number of primary amides is 1. The number of phenols is 1. The summed E-state index contributed by atoms with van der Waals surface area (Å²) in [5.41, 5.74) is 2.82. The van der Waals surface area contributed by atoms with Crippen molar-refractivity contribution in [2.75, 3.05) is 13.2 Å². The van der Waals surface area contributed by atoms with Gasteiger partial charge in [0.25, 0.3) is 5.91 Å². The predicted octanol–water partition coefficient (Wildman–Crippen LogP) is 0.362. The normalized spacial score (nSPS) is 28.1. The molecule has 1 radical (unpaired) electrons. The number of aromatic hydroxyl groups is 1. The Kier molecular flexibility index (Phi) is 8.62. The zero-order valence-electron chi connectivity index (χ0n) is 22.3. The number of nitrogens with one attached hydrogen (secondary N) is 2. The highest BCUT2D eigenvalue weighted by Gasteiger charge is 2.56.